The van der Waals surface area contributed by atoms with Crippen LogP contribution in [0.4, 0.5) is 4.79 Å². The van der Waals surface area contributed by atoms with E-state index in [0.29, 0.717) is 0 Å². The first-order valence-electron chi connectivity index (χ1n) is 14.1. The SMILES string of the molecule is CCNCc1cccc(C=C(CNC(=O)OCC2c3ccccc3-c3ccccc32)B2OC(C)(C)C(C)(C)O2)c1. The van der Waals surface area contributed by atoms with Gasteiger partial charge in [-0.15, -0.1) is 0 Å². The predicted octanol–water partition coefficient (Wildman–Crippen LogP) is 6.35. The standard InChI is InChI=1S/C33H39BN2O4/c1-6-35-20-24-13-11-12-23(18-24)19-25(34-39-32(2,3)33(4,5)40-34)21-36-31(37)38-22-30-28-16-9-7-14-26(28)27-15-8-10-17-29(27)30/h7-19,30,35H,6,20-22H2,1-5H3,(H,36,37). The summed E-state index contributed by atoms with van der Waals surface area (Å²) in [5.74, 6) is 0.00993. The molecule has 0 spiro atoms. The zero-order chi connectivity index (χ0) is 28.3. The quantitative estimate of drug-likeness (QED) is 0.311. The molecule has 1 amide bonds. The van der Waals surface area contributed by atoms with Gasteiger partial charge >= 0.3 is 13.2 Å². The maximum absolute atomic E-state index is 13.0. The van der Waals surface area contributed by atoms with Crippen molar-refractivity contribution in [1.82, 2.24) is 10.6 Å². The lowest BCUT2D eigenvalue weighted by molar-refractivity contribution is 0.00578. The number of carbonyl (C=O) groups excluding carboxylic acids is 1. The number of ether oxygens (including phenoxy) is 1. The molecule has 1 fully saturated rings. The van der Waals surface area contributed by atoms with Crippen LogP contribution in [-0.2, 0) is 20.6 Å². The van der Waals surface area contributed by atoms with Crippen LogP contribution in [0, 0.1) is 0 Å². The number of nitrogens with one attached hydrogen (secondary N) is 2. The van der Waals surface area contributed by atoms with Gasteiger partial charge in [-0.05, 0) is 73.1 Å². The van der Waals surface area contributed by atoms with Gasteiger partial charge in [0.15, 0.2) is 0 Å². The van der Waals surface area contributed by atoms with E-state index in [1.165, 1.54) is 27.8 Å². The van der Waals surface area contributed by atoms with E-state index in [2.05, 4.69) is 54.0 Å². The van der Waals surface area contributed by atoms with E-state index in [-0.39, 0.29) is 19.1 Å². The van der Waals surface area contributed by atoms with Crippen molar-refractivity contribution in [1.29, 1.82) is 0 Å². The summed E-state index contributed by atoms with van der Waals surface area (Å²) in [6.45, 7) is 12.4. The van der Waals surface area contributed by atoms with Gasteiger partial charge in [0.1, 0.15) is 6.61 Å². The lowest BCUT2D eigenvalue weighted by atomic mass is 9.77. The van der Waals surface area contributed by atoms with E-state index in [1.54, 1.807) is 0 Å². The Morgan fingerprint density at radius 1 is 0.925 bits per heavy atom. The molecule has 0 unspecified atom stereocenters. The van der Waals surface area contributed by atoms with Crippen molar-refractivity contribution in [3.63, 3.8) is 0 Å². The zero-order valence-corrected chi connectivity index (χ0v) is 24.1. The highest BCUT2D eigenvalue weighted by molar-refractivity contribution is 6.56. The van der Waals surface area contributed by atoms with Crippen LogP contribution in [0.15, 0.2) is 78.3 Å². The summed E-state index contributed by atoms with van der Waals surface area (Å²) in [5, 5.41) is 6.32. The Kier molecular flexibility index (Phi) is 8.18. The van der Waals surface area contributed by atoms with Crippen molar-refractivity contribution in [3.05, 3.63) is 101 Å². The molecular formula is C33H39BN2O4. The van der Waals surface area contributed by atoms with E-state index in [0.717, 1.165) is 24.1 Å². The molecule has 5 rings (SSSR count). The summed E-state index contributed by atoms with van der Waals surface area (Å²) in [6.07, 6.45) is 1.58. The first-order chi connectivity index (χ1) is 19.2. The van der Waals surface area contributed by atoms with Crippen LogP contribution in [0.5, 0.6) is 0 Å². The number of benzene rings is 3. The van der Waals surface area contributed by atoms with Crippen molar-refractivity contribution in [2.24, 2.45) is 0 Å². The average molecular weight is 538 g/mol. The Hall–Kier alpha value is -3.39. The normalized spacial score (nSPS) is 17.4. The molecule has 3 aromatic rings. The van der Waals surface area contributed by atoms with Crippen LogP contribution in [-0.4, -0.2) is 44.1 Å². The van der Waals surface area contributed by atoms with Crippen LogP contribution in [0.2, 0.25) is 0 Å². The van der Waals surface area contributed by atoms with Gasteiger partial charge in [0.2, 0.25) is 0 Å². The number of rotatable bonds is 9. The largest absolute Gasteiger partial charge is 0.492 e. The second-order valence-corrected chi connectivity index (χ2v) is 11.5. The molecular weight excluding hydrogens is 499 g/mol. The van der Waals surface area contributed by atoms with Crippen molar-refractivity contribution in [2.75, 3.05) is 19.7 Å². The maximum Gasteiger partial charge on any atom is 0.492 e. The second-order valence-electron chi connectivity index (χ2n) is 11.5. The van der Waals surface area contributed by atoms with Crippen molar-refractivity contribution < 1.29 is 18.8 Å². The van der Waals surface area contributed by atoms with Crippen molar-refractivity contribution >= 4 is 19.3 Å². The molecule has 1 heterocycles. The van der Waals surface area contributed by atoms with Gasteiger partial charge in [-0.3, -0.25) is 0 Å². The minimum atomic E-state index is -0.587. The van der Waals surface area contributed by atoms with Crippen LogP contribution in [0.1, 0.15) is 62.8 Å². The van der Waals surface area contributed by atoms with Crippen LogP contribution < -0.4 is 10.6 Å². The monoisotopic (exact) mass is 538 g/mol. The third-order valence-corrected chi connectivity index (χ3v) is 8.22. The van der Waals surface area contributed by atoms with E-state index < -0.39 is 24.4 Å². The molecule has 1 saturated heterocycles. The molecule has 1 aliphatic carbocycles. The first kappa shape index (κ1) is 28.2. The highest BCUT2D eigenvalue weighted by atomic mass is 16.7. The molecule has 1 aliphatic heterocycles. The first-order valence-corrected chi connectivity index (χ1v) is 14.1. The number of hydrogen-bond donors (Lipinski definition) is 2. The molecule has 7 heteroatoms. The molecule has 0 atom stereocenters. The Bertz CT molecular complexity index is 1340. The fraction of sp³-hybridized carbons (Fsp3) is 0.364. The molecule has 40 heavy (non-hydrogen) atoms. The van der Waals surface area contributed by atoms with Crippen LogP contribution >= 0.6 is 0 Å². The molecule has 208 valence electrons. The van der Waals surface area contributed by atoms with Crippen molar-refractivity contribution in [3.8, 4) is 11.1 Å². The number of alkyl carbamates (subject to hydrolysis) is 1. The summed E-state index contributed by atoms with van der Waals surface area (Å²) < 4.78 is 18.5. The highest BCUT2D eigenvalue weighted by Crippen LogP contribution is 2.44. The van der Waals surface area contributed by atoms with Gasteiger partial charge in [0.05, 0.1) is 11.2 Å². The Morgan fingerprint density at radius 3 is 2.17 bits per heavy atom. The van der Waals surface area contributed by atoms with E-state index in [9.17, 15) is 4.79 Å². The lowest BCUT2D eigenvalue weighted by Crippen LogP contribution is -2.41. The van der Waals surface area contributed by atoms with Gasteiger partial charge < -0.3 is 24.7 Å². The average Bonchev–Trinajstić information content (AvgIpc) is 3.37. The van der Waals surface area contributed by atoms with E-state index in [1.807, 2.05) is 70.2 Å². The molecule has 0 aromatic heterocycles. The number of amides is 1. The minimum Gasteiger partial charge on any atom is -0.449 e. The Balaban J connectivity index is 1.30. The molecule has 6 nitrogen and oxygen atoms in total. The molecule has 2 N–H and O–H groups in total. The van der Waals surface area contributed by atoms with E-state index >= 15 is 0 Å². The summed E-state index contributed by atoms with van der Waals surface area (Å²) in [6, 6.07) is 25.0. The Labute approximate surface area is 238 Å². The third kappa shape index (κ3) is 5.87. The molecule has 3 aromatic carbocycles. The molecule has 0 radical (unpaired) electrons. The zero-order valence-electron chi connectivity index (χ0n) is 24.1. The minimum absolute atomic E-state index is 0.00993. The van der Waals surface area contributed by atoms with Crippen molar-refractivity contribution in [2.45, 2.75) is 58.3 Å². The summed E-state index contributed by atoms with van der Waals surface area (Å²) >= 11 is 0. The van der Waals surface area contributed by atoms with Gasteiger partial charge in [0, 0.05) is 19.0 Å². The number of fused-ring (bicyclic) bond motifs is 3. The number of carbonyl (C=O) groups is 1. The van der Waals surface area contributed by atoms with Gasteiger partial charge in [0.25, 0.3) is 0 Å². The molecule has 2 aliphatic rings. The molecule has 0 bridgehead atoms. The van der Waals surface area contributed by atoms with Gasteiger partial charge in [-0.2, -0.15) is 0 Å². The fourth-order valence-electron chi connectivity index (χ4n) is 5.30. The summed E-state index contributed by atoms with van der Waals surface area (Å²) in [7, 11) is -0.587. The summed E-state index contributed by atoms with van der Waals surface area (Å²) in [5.41, 5.74) is 6.83. The van der Waals surface area contributed by atoms with Gasteiger partial charge in [-0.1, -0.05) is 85.8 Å². The second kappa shape index (κ2) is 11.6. The fourth-order valence-corrected chi connectivity index (χ4v) is 5.30. The molecule has 0 saturated carbocycles. The van der Waals surface area contributed by atoms with Crippen LogP contribution in [0.3, 0.4) is 0 Å². The highest BCUT2D eigenvalue weighted by Gasteiger charge is 2.52. The number of hydrogen-bond acceptors (Lipinski definition) is 5. The third-order valence-electron chi connectivity index (χ3n) is 8.22. The summed E-state index contributed by atoms with van der Waals surface area (Å²) in [4.78, 5) is 13.0. The topological polar surface area (TPSA) is 68.8 Å². The smallest absolute Gasteiger partial charge is 0.449 e. The van der Waals surface area contributed by atoms with Gasteiger partial charge in [-0.25, -0.2) is 4.79 Å². The van der Waals surface area contributed by atoms with Crippen LogP contribution in [0.25, 0.3) is 17.2 Å². The Morgan fingerprint density at radius 2 is 1.55 bits per heavy atom. The lowest BCUT2D eigenvalue weighted by Gasteiger charge is -2.32. The predicted molar refractivity (Wildman–Crippen MR) is 161 cm³/mol. The van der Waals surface area contributed by atoms with E-state index in [4.69, 9.17) is 14.0 Å². The maximum atomic E-state index is 13.0.